The van der Waals surface area contributed by atoms with Gasteiger partial charge in [-0.15, -0.1) is 6.40 Å². The number of hydrogen-bond acceptors (Lipinski definition) is 7. The third kappa shape index (κ3) is 1.62. The van der Waals surface area contributed by atoms with Gasteiger partial charge in [0.25, 0.3) is 0 Å². The van der Waals surface area contributed by atoms with E-state index in [-0.39, 0.29) is 0 Å². The second-order valence-electron chi connectivity index (χ2n) is 4.50. The number of aliphatic hydroxyl groups excluding tert-OH is 3. The summed E-state index contributed by atoms with van der Waals surface area (Å²) < 4.78 is 13.9. The van der Waals surface area contributed by atoms with Crippen LogP contribution in [-0.4, -0.2) is 59.3 Å². The third-order valence-corrected chi connectivity index (χ3v) is 3.38. The predicted molar refractivity (Wildman–Crippen MR) is 66.1 cm³/mol. The van der Waals surface area contributed by atoms with Crippen LogP contribution in [0.5, 0.6) is 0 Å². The van der Waals surface area contributed by atoms with Crippen LogP contribution in [0.1, 0.15) is 7.60 Å². The molecule has 8 heteroatoms. The van der Waals surface area contributed by atoms with Crippen molar-refractivity contribution >= 4 is 11.2 Å². The molecule has 3 heterocycles. The van der Waals surface area contributed by atoms with Gasteiger partial charge in [-0.3, -0.25) is 4.57 Å². The van der Waals surface area contributed by atoms with Crippen molar-refractivity contribution in [2.45, 2.75) is 24.0 Å². The molecular formula is C12H12N4O4. The van der Waals surface area contributed by atoms with Crippen molar-refractivity contribution in [2.24, 2.45) is 0 Å². The summed E-state index contributed by atoms with van der Waals surface area (Å²) in [4.78, 5) is 12.0. The molecule has 8 nitrogen and oxygen atoms in total. The fourth-order valence-electron chi connectivity index (χ4n) is 2.25. The zero-order valence-electron chi connectivity index (χ0n) is 11.2. The Kier molecular flexibility index (Phi) is 2.64. The summed E-state index contributed by atoms with van der Waals surface area (Å²) in [6.07, 6.45) is 2.20. The van der Waals surface area contributed by atoms with E-state index in [1.807, 2.05) is 6.40 Å². The van der Waals surface area contributed by atoms with Gasteiger partial charge in [0.15, 0.2) is 17.5 Å². The van der Waals surface area contributed by atoms with E-state index in [9.17, 15) is 15.3 Å². The van der Waals surface area contributed by atoms with Crippen LogP contribution in [0.3, 0.4) is 0 Å². The topological polar surface area (TPSA) is 114 Å². The second kappa shape index (κ2) is 4.50. The molecule has 0 bridgehead atoms. The van der Waals surface area contributed by atoms with Crippen molar-refractivity contribution in [1.82, 2.24) is 19.5 Å². The molecule has 1 saturated heterocycles. The highest BCUT2D eigenvalue weighted by molar-refractivity contribution is 5.69. The van der Waals surface area contributed by atoms with E-state index in [2.05, 4.69) is 20.9 Å². The average Bonchev–Trinajstić information content (AvgIpc) is 3.03. The van der Waals surface area contributed by atoms with Gasteiger partial charge in [0, 0.05) is 0 Å². The SMILES string of the molecule is [2H]C#C[C@]1(CO)OC(n2cnc3cncnc32)[C@@H](O)[C@@H]1O. The maximum absolute atomic E-state index is 10.2. The summed E-state index contributed by atoms with van der Waals surface area (Å²) >= 11 is 0. The van der Waals surface area contributed by atoms with Gasteiger partial charge in [-0.05, 0) is 0 Å². The van der Waals surface area contributed by atoms with Crippen LogP contribution in [0.15, 0.2) is 18.9 Å². The highest BCUT2D eigenvalue weighted by Gasteiger charge is 2.54. The molecule has 1 unspecified atom stereocenters. The van der Waals surface area contributed by atoms with Crippen molar-refractivity contribution in [3.63, 3.8) is 0 Å². The molecule has 3 rings (SSSR count). The van der Waals surface area contributed by atoms with Crippen molar-refractivity contribution in [3.8, 4) is 12.3 Å². The van der Waals surface area contributed by atoms with Crippen LogP contribution in [0.2, 0.25) is 0 Å². The Morgan fingerprint density at radius 3 is 3.15 bits per heavy atom. The minimum Gasteiger partial charge on any atom is -0.392 e. The van der Waals surface area contributed by atoms with Gasteiger partial charge >= 0.3 is 0 Å². The number of hydrogen-bond donors (Lipinski definition) is 3. The average molecular weight is 277 g/mol. The van der Waals surface area contributed by atoms with E-state index in [1.54, 1.807) is 0 Å². The Bertz CT molecular complexity index is 727. The van der Waals surface area contributed by atoms with E-state index < -0.39 is 30.6 Å². The number of aliphatic hydroxyl groups is 3. The summed E-state index contributed by atoms with van der Waals surface area (Å²) in [6.45, 7) is -0.658. The molecular weight excluding hydrogens is 264 g/mol. The first-order chi connectivity index (χ1) is 10.1. The molecule has 3 N–H and O–H groups in total. The molecule has 0 spiro atoms. The highest BCUT2D eigenvalue weighted by atomic mass is 16.6. The Balaban J connectivity index is 2.05. The molecule has 0 amide bonds. The van der Waals surface area contributed by atoms with Crippen LogP contribution in [0, 0.1) is 12.3 Å². The maximum Gasteiger partial charge on any atom is 0.182 e. The quantitative estimate of drug-likeness (QED) is 0.569. The summed E-state index contributed by atoms with van der Waals surface area (Å²) in [5.41, 5.74) is -0.806. The number of aromatic nitrogens is 4. The Morgan fingerprint density at radius 2 is 2.40 bits per heavy atom. The lowest BCUT2D eigenvalue weighted by molar-refractivity contribution is -0.0911. The lowest BCUT2D eigenvalue weighted by atomic mass is 9.97. The van der Waals surface area contributed by atoms with E-state index in [0.29, 0.717) is 11.2 Å². The molecule has 20 heavy (non-hydrogen) atoms. The molecule has 0 aliphatic carbocycles. The summed E-state index contributed by atoms with van der Waals surface area (Å²) in [5.74, 6) is 2.30. The van der Waals surface area contributed by atoms with Crippen molar-refractivity contribution < 1.29 is 21.4 Å². The van der Waals surface area contributed by atoms with Crippen LogP contribution >= 0.6 is 0 Å². The first kappa shape index (κ1) is 11.7. The Labute approximate surface area is 115 Å². The normalized spacial score (nSPS) is 33.8. The summed E-state index contributed by atoms with van der Waals surface area (Å²) in [5, 5.41) is 29.7. The summed E-state index contributed by atoms with van der Waals surface area (Å²) in [6, 6.07) is 0. The van der Waals surface area contributed by atoms with E-state index in [4.69, 9.17) is 6.11 Å². The molecule has 2 aromatic rings. The molecule has 0 radical (unpaired) electrons. The smallest absolute Gasteiger partial charge is 0.182 e. The molecule has 0 saturated carbocycles. The fraction of sp³-hybridized carbons (Fsp3) is 0.417. The number of imidazole rings is 1. The van der Waals surface area contributed by atoms with Crippen LogP contribution in [0.25, 0.3) is 11.2 Å². The van der Waals surface area contributed by atoms with Crippen molar-refractivity contribution in [2.75, 3.05) is 6.61 Å². The molecule has 1 fully saturated rings. The van der Waals surface area contributed by atoms with Gasteiger partial charge in [0.1, 0.15) is 25.4 Å². The largest absolute Gasteiger partial charge is 0.392 e. The zero-order valence-corrected chi connectivity index (χ0v) is 10.2. The van der Waals surface area contributed by atoms with Crippen LogP contribution in [-0.2, 0) is 4.74 Å². The molecule has 1 aliphatic heterocycles. The highest BCUT2D eigenvalue weighted by Crippen LogP contribution is 2.37. The van der Waals surface area contributed by atoms with Gasteiger partial charge in [0.05, 0.1) is 19.1 Å². The Hall–Kier alpha value is -2.05. The Morgan fingerprint density at radius 1 is 1.55 bits per heavy atom. The maximum atomic E-state index is 10.2. The number of rotatable bonds is 2. The van der Waals surface area contributed by atoms with Gasteiger partial charge in [-0.1, -0.05) is 5.92 Å². The molecule has 104 valence electrons. The minimum atomic E-state index is -1.71. The van der Waals surface area contributed by atoms with Crippen LogP contribution in [0.4, 0.5) is 0 Å². The number of terminal acetylenes is 1. The van der Waals surface area contributed by atoms with Gasteiger partial charge in [-0.2, -0.15) is 0 Å². The standard InChI is InChI=1S/C12H12N4O4/c1-2-12(4-17)9(19)8(18)11(20-12)16-6-15-7-3-13-5-14-10(7)16/h1,3,5-6,8-9,11,17-19H,4H2/t8-,9-,11?,12+/m0/s1/i1D. The first-order valence-electron chi connectivity index (χ1n) is 6.34. The van der Waals surface area contributed by atoms with Gasteiger partial charge in [-0.25, -0.2) is 15.0 Å². The number of ether oxygens (including phenoxy) is 1. The first-order valence-corrected chi connectivity index (χ1v) is 5.84. The monoisotopic (exact) mass is 277 g/mol. The molecule has 1 aliphatic rings. The van der Waals surface area contributed by atoms with Gasteiger partial charge < -0.3 is 20.1 Å². The molecule has 2 aromatic heterocycles. The number of nitrogens with zero attached hydrogens (tertiary/aromatic N) is 4. The molecule has 4 atom stereocenters. The van der Waals surface area contributed by atoms with E-state index in [1.165, 1.54) is 23.4 Å². The lowest BCUT2D eigenvalue weighted by Crippen LogP contribution is -2.44. The van der Waals surface area contributed by atoms with E-state index >= 15 is 0 Å². The lowest BCUT2D eigenvalue weighted by Gasteiger charge is -2.23. The predicted octanol–water partition coefficient (Wildman–Crippen LogP) is -1.56. The van der Waals surface area contributed by atoms with Gasteiger partial charge in [0.2, 0.25) is 0 Å². The minimum absolute atomic E-state index is 0.411. The zero-order chi connectivity index (χ0) is 15.0. The summed E-state index contributed by atoms with van der Waals surface area (Å²) in [7, 11) is 0. The van der Waals surface area contributed by atoms with Crippen molar-refractivity contribution in [1.29, 1.82) is 0 Å². The molecule has 0 aromatic carbocycles. The number of fused-ring (bicyclic) bond motifs is 1. The van der Waals surface area contributed by atoms with Crippen molar-refractivity contribution in [3.05, 3.63) is 18.9 Å². The second-order valence-corrected chi connectivity index (χ2v) is 4.50. The van der Waals surface area contributed by atoms with E-state index in [0.717, 1.165) is 0 Å². The fourth-order valence-corrected chi connectivity index (χ4v) is 2.25. The third-order valence-electron chi connectivity index (χ3n) is 3.38. The van der Waals surface area contributed by atoms with Crippen LogP contribution < -0.4 is 0 Å².